The first kappa shape index (κ1) is 18.8. The lowest BCUT2D eigenvalue weighted by Crippen LogP contribution is -2.24. The van der Waals surface area contributed by atoms with E-state index in [2.05, 4.69) is 20.6 Å². The fraction of sp³-hybridized carbons (Fsp3) is 0.143. The molecule has 0 fully saturated rings. The summed E-state index contributed by atoms with van der Waals surface area (Å²) in [6, 6.07) is 17.4. The van der Waals surface area contributed by atoms with Crippen molar-refractivity contribution in [2.75, 3.05) is 7.11 Å². The van der Waals surface area contributed by atoms with E-state index in [0.717, 1.165) is 22.0 Å². The lowest BCUT2D eigenvalue weighted by Gasteiger charge is -2.06. The van der Waals surface area contributed by atoms with Gasteiger partial charge in [0, 0.05) is 17.0 Å². The van der Waals surface area contributed by atoms with Gasteiger partial charge in [0.2, 0.25) is 0 Å². The molecule has 0 bridgehead atoms. The highest BCUT2D eigenvalue weighted by atomic mass is 32.1. The molecule has 0 unspecified atom stereocenters. The second-order valence-corrected chi connectivity index (χ2v) is 7.25. The van der Waals surface area contributed by atoms with Crippen LogP contribution in [-0.4, -0.2) is 33.0 Å². The zero-order chi connectivity index (χ0) is 20.2. The third kappa shape index (κ3) is 4.02. The van der Waals surface area contributed by atoms with E-state index < -0.39 is 0 Å². The fourth-order valence-electron chi connectivity index (χ4n) is 2.90. The number of aromatic nitrogens is 4. The molecule has 4 rings (SSSR count). The lowest BCUT2D eigenvalue weighted by molar-refractivity contribution is 0.0945. The molecule has 0 aliphatic carbocycles. The molecule has 0 atom stereocenters. The van der Waals surface area contributed by atoms with Crippen LogP contribution in [0.1, 0.15) is 21.2 Å². The molecule has 1 N–H and O–H groups in total. The normalized spacial score (nSPS) is 10.7. The minimum absolute atomic E-state index is 0.284. The van der Waals surface area contributed by atoms with Crippen molar-refractivity contribution in [2.24, 2.45) is 0 Å². The fourth-order valence-corrected chi connectivity index (χ4v) is 3.64. The predicted molar refractivity (Wildman–Crippen MR) is 111 cm³/mol. The first-order chi connectivity index (χ1) is 14.2. The first-order valence-corrected chi connectivity index (χ1v) is 9.88. The van der Waals surface area contributed by atoms with Gasteiger partial charge < -0.3 is 10.1 Å². The highest BCUT2D eigenvalue weighted by Gasteiger charge is 2.18. The molecule has 146 valence electrons. The second kappa shape index (κ2) is 8.24. The van der Waals surface area contributed by atoms with E-state index in [9.17, 15) is 4.79 Å². The lowest BCUT2D eigenvalue weighted by atomic mass is 10.2. The Bertz CT molecular complexity index is 1140. The zero-order valence-electron chi connectivity index (χ0n) is 16.0. The van der Waals surface area contributed by atoms with Crippen molar-refractivity contribution in [1.29, 1.82) is 0 Å². The molecule has 0 aliphatic rings. The van der Waals surface area contributed by atoms with E-state index >= 15 is 0 Å². The molecule has 0 spiro atoms. The number of methoxy groups -OCH3 is 1. The molecule has 29 heavy (non-hydrogen) atoms. The number of rotatable bonds is 6. The third-order valence-corrected chi connectivity index (χ3v) is 5.28. The Balaban J connectivity index is 1.46. The zero-order valence-corrected chi connectivity index (χ0v) is 16.8. The quantitative estimate of drug-likeness (QED) is 0.530. The number of hydrogen-bond acceptors (Lipinski definition) is 6. The highest BCUT2D eigenvalue weighted by Crippen LogP contribution is 2.22. The Morgan fingerprint density at radius 1 is 1.17 bits per heavy atom. The third-order valence-electron chi connectivity index (χ3n) is 4.43. The molecular formula is C21H19N5O2S. The summed E-state index contributed by atoms with van der Waals surface area (Å²) in [7, 11) is 1.61. The van der Waals surface area contributed by atoms with Gasteiger partial charge in [-0.2, -0.15) is 0 Å². The second-order valence-electron chi connectivity index (χ2n) is 6.31. The summed E-state index contributed by atoms with van der Waals surface area (Å²) >= 11 is 1.51. The van der Waals surface area contributed by atoms with Gasteiger partial charge in [-0.1, -0.05) is 41.6 Å². The van der Waals surface area contributed by atoms with Crippen LogP contribution in [0.3, 0.4) is 0 Å². The molecule has 7 nitrogen and oxygen atoms in total. The molecule has 8 heteroatoms. The van der Waals surface area contributed by atoms with Crippen LogP contribution in [-0.2, 0) is 6.54 Å². The summed E-state index contributed by atoms with van der Waals surface area (Å²) in [5.41, 5.74) is 3.67. The van der Waals surface area contributed by atoms with Gasteiger partial charge in [0.05, 0.1) is 30.7 Å². The predicted octanol–water partition coefficient (Wildman–Crippen LogP) is 3.64. The van der Waals surface area contributed by atoms with E-state index in [1.807, 2.05) is 66.9 Å². The Hall–Kier alpha value is -3.52. The van der Waals surface area contributed by atoms with Crippen LogP contribution in [0.2, 0.25) is 0 Å². The number of thiazole rings is 1. The van der Waals surface area contributed by atoms with Gasteiger partial charge in [0.25, 0.3) is 5.91 Å². The van der Waals surface area contributed by atoms with Gasteiger partial charge >= 0.3 is 0 Å². The van der Waals surface area contributed by atoms with E-state index in [0.29, 0.717) is 18.0 Å². The van der Waals surface area contributed by atoms with Gasteiger partial charge in [0.15, 0.2) is 5.69 Å². The maximum Gasteiger partial charge on any atom is 0.274 e. The average molecular weight is 405 g/mol. The number of ether oxygens (including phenoxy) is 1. The summed E-state index contributed by atoms with van der Waals surface area (Å²) in [4.78, 5) is 17.2. The Morgan fingerprint density at radius 3 is 2.79 bits per heavy atom. The Kier molecular flexibility index (Phi) is 5.35. The van der Waals surface area contributed by atoms with Gasteiger partial charge in [-0.05, 0) is 19.1 Å². The molecule has 0 saturated heterocycles. The summed E-state index contributed by atoms with van der Waals surface area (Å²) in [5, 5.41) is 13.9. The van der Waals surface area contributed by atoms with Crippen molar-refractivity contribution in [3.8, 4) is 22.7 Å². The van der Waals surface area contributed by atoms with Crippen LogP contribution < -0.4 is 10.1 Å². The SMILES string of the molecule is COc1cccc(-n2nnc(C(=O)NCc3nc(-c4ccccc4)cs3)c2C)c1. The molecule has 2 heterocycles. The molecule has 4 aromatic rings. The van der Waals surface area contributed by atoms with Gasteiger partial charge in [0.1, 0.15) is 10.8 Å². The molecule has 2 aromatic carbocycles. The molecule has 0 aliphatic heterocycles. The van der Waals surface area contributed by atoms with Crippen LogP contribution >= 0.6 is 11.3 Å². The van der Waals surface area contributed by atoms with Gasteiger partial charge in [-0.3, -0.25) is 4.79 Å². The van der Waals surface area contributed by atoms with Crippen LogP contribution in [0.5, 0.6) is 5.75 Å². The highest BCUT2D eigenvalue weighted by molar-refractivity contribution is 7.09. The Morgan fingerprint density at radius 2 is 2.00 bits per heavy atom. The summed E-state index contributed by atoms with van der Waals surface area (Å²) in [5.74, 6) is 0.425. The van der Waals surface area contributed by atoms with Crippen molar-refractivity contribution < 1.29 is 9.53 Å². The largest absolute Gasteiger partial charge is 0.497 e. The maximum absolute atomic E-state index is 12.6. The summed E-state index contributed by atoms with van der Waals surface area (Å²) in [6.45, 7) is 2.15. The number of amides is 1. The van der Waals surface area contributed by atoms with E-state index in [-0.39, 0.29) is 11.6 Å². The van der Waals surface area contributed by atoms with Crippen molar-refractivity contribution in [3.05, 3.63) is 76.4 Å². The summed E-state index contributed by atoms with van der Waals surface area (Å²) < 4.78 is 6.86. The maximum atomic E-state index is 12.6. The molecule has 2 aromatic heterocycles. The van der Waals surface area contributed by atoms with Gasteiger partial charge in [-0.15, -0.1) is 16.4 Å². The molecular weight excluding hydrogens is 386 g/mol. The van der Waals surface area contributed by atoms with E-state index in [1.54, 1.807) is 11.8 Å². The number of carbonyl (C=O) groups is 1. The van der Waals surface area contributed by atoms with Crippen molar-refractivity contribution in [1.82, 2.24) is 25.3 Å². The number of nitrogens with one attached hydrogen (secondary N) is 1. The Labute approximate surface area is 172 Å². The van der Waals surface area contributed by atoms with Crippen LogP contribution in [0.25, 0.3) is 16.9 Å². The van der Waals surface area contributed by atoms with E-state index in [4.69, 9.17) is 4.74 Å². The van der Waals surface area contributed by atoms with Gasteiger partial charge in [-0.25, -0.2) is 9.67 Å². The van der Waals surface area contributed by atoms with Crippen LogP contribution in [0.4, 0.5) is 0 Å². The topological polar surface area (TPSA) is 81.9 Å². The van der Waals surface area contributed by atoms with Crippen LogP contribution in [0, 0.1) is 6.92 Å². The summed E-state index contributed by atoms with van der Waals surface area (Å²) in [6.07, 6.45) is 0. The molecule has 1 amide bonds. The van der Waals surface area contributed by atoms with E-state index in [1.165, 1.54) is 11.3 Å². The molecule has 0 saturated carbocycles. The van der Waals surface area contributed by atoms with Crippen LogP contribution in [0.15, 0.2) is 60.0 Å². The van der Waals surface area contributed by atoms with Crippen molar-refractivity contribution >= 4 is 17.2 Å². The minimum Gasteiger partial charge on any atom is -0.497 e. The smallest absolute Gasteiger partial charge is 0.274 e. The van der Waals surface area contributed by atoms with Crippen molar-refractivity contribution in [3.63, 3.8) is 0 Å². The number of carbonyl (C=O) groups excluding carboxylic acids is 1. The number of nitrogens with zero attached hydrogens (tertiary/aromatic N) is 4. The number of hydrogen-bond donors (Lipinski definition) is 1. The minimum atomic E-state index is -0.284. The monoisotopic (exact) mass is 405 g/mol. The first-order valence-electron chi connectivity index (χ1n) is 9.00. The standard InChI is InChI=1S/C21H19N5O2S/c1-14-20(24-25-26(14)16-9-6-10-17(11-16)28-2)21(27)22-12-19-23-18(13-29-19)15-7-4-3-5-8-15/h3-11,13H,12H2,1-2H3,(H,22,27). The number of benzene rings is 2. The average Bonchev–Trinajstić information content (AvgIpc) is 3.39. The molecule has 0 radical (unpaired) electrons. The van der Waals surface area contributed by atoms with Crippen molar-refractivity contribution in [2.45, 2.75) is 13.5 Å².